The van der Waals surface area contributed by atoms with Crippen LogP contribution in [0.2, 0.25) is 10.4 Å². The van der Waals surface area contributed by atoms with Crippen molar-refractivity contribution in [1.82, 2.24) is 118 Å². The van der Waals surface area contributed by atoms with E-state index in [4.69, 9.17) is 52.9 Å². The zero-order chi connectivity index (χ0) is 85.9. The van der Waals surface area contributed by atoms with Gasteiger partial charge < -0.3 is 64.9 Å². The number of likely N-dealkylation sites (N-methyl/N-ethyl adjacent to an activating group) is 5. The number of aromatic nitrogens is 16. The highest BCUT2D eigenvalue weighted by molar-refractivity contribution is 6.33. The average molecular weight is 1700 g/mol. The van der Waals surface area contributed by atoms with E-state index in [1.54, 1.807) is 38.4 Å². The number of hydrogen-bond donors (Lipinski definition) is 4. The van der Waals surface area contributed by atoms with E-state index >= 15 is 0 Å². The van der Waals surface area contributed by atoms with Crippen LogP contribution in [0.25, 0.3) is 94.6 Å². The first-order chi connectivity index (χ1) is 60.0. The number of esters is 1. The van der Waals surface area contributed by atoms with Gasteiger partial charge in [-0.15, -0.1) is 0 Å². The van der Waals surface area contributed by atoms with Crippen LogP contribution < -0.4 is 30.7 Å². The number of nitrogens with zero attached hydrogens (tertiary/aromatic N) is 24. The minimum absolute atomic E-state index is 0.0376. The third-order valence-electron chi connectivity index (χ3n) is 22.2. The molecule has 15 aromatic rings. The Morgan fingerprint density at radius 2 is 0.878 bits per heavy atom. The maximum Gasteiger partial charge on any atom is 0.342 e. The van der Waals surface area contributed by atoms with Crippen molar-refractivity contribution in [2.24, 2.45) is 0 Å². The van der Waals surface area contributed by atoms with E-state index in [-0.39, 0.29) is 21.9 Å². The highest BCUT2D eigenvalue weighted by Gasteiger charge is 2.26. The zero-order valence-electron chi connectivity index (χ0n) is 71.1. The first-order valence-electron chi connectivity index (χ1n) is 42.1. The summed E-state index contributed by atoms with van der Waals surface area (Å²) < 4.78 is 11.1. The molecule has 4 aromatic carbocycles. The topological polar surface area (TPSA) is 330 Å². The first kappa shape index (κ1) is 87.4. The lowest BCUT2D eigenvalue weighted by atomic mass is 10.2. The molecular weight excluding hydrogens is 1600 g/mol. The molecule has 16 heterocycles. The number of ether oxygens (including phenoxy) is 1. The van der Waals surface area contributed by atoms with Crippen LogP contribution in [0.4, 0.5) is 17.5 Å². The van der Waals surface area contributed by atoms with E-state index in [1.807, 2.05) is 123 Å². The lowest BCUT2D eigenvalue weighted by Crippen LogP contribution is -2.29. The summed E-state index contributed by atoms with van der Waals surface area (Å²) in [6.45, 7) is 25.7. The van der Waals surface area contributed by atoms with Gasteiger partial charge in [-0.2, -0.15) is 5.26 Å². The largest absolute Gasteiger partial charge is 0.462 e. The molecule has 0 unspecified atom stereocenters. The monoisotopic (exact) mass is 1700 g/mol. The summed E-state index contributed by atoms with van der Waals surface area (Å²) in [4.78, 5) is 112. The van der Waals surface area contributed by atoms with Gasteiger partial charge in [0.1, 0.15) is 56.6 Å². The molecule has 5 aliphatic heterocycles. The van der Waals surface area contributed by atoms with E-state index in [9.17, 15) is 19.6 Å². The van der Waals surface area contributed by atoms with Crippen molar-refractivity contribution < 1.29 is 19.1 Å². The molecule has 123 heavy (non-hydrogen) atoms. The molecule has 5 fully saturated rings. The molecule has 0 radical (unpaired) electrons. The van der Waals surface area contributed by atoms with Gasteiger partial charge in [0.05, 0.1) is 86.0 Å². The van der Waals surface area contributed by atoms with Crippen molar-refractivity contribution >= 4 is 153 Å². The number of aryl methyl sites for hydroxylation is 1. The maximum atomic E-state index is 12.6. The van der Waals surface area contributed by atoms with Crippen LogP contribution in [-0.4, -0.2) is 300 Å². The number of rotatable bonds is 8. The molecule has 5 saturated heterocycles. The zero-order valence-corrected chi connectivity index (χ0v) is 72.6. The molecule has 32 nitrogen and oxygen atoms in total. The second-order valence-corrected chi connectivity index (χ2v) is 31.7. The Morgan fingerprint density at radius 1 is 0.455 bits per heavy atom. The Balaban J connectivity index is 0.000000125. The molecule has 0 spiro atoms. The number of nitrogens with one attached hydrogen (secondary N) is 4. The molecule has 20 rings (SSSR count). The first-order valence-corrected chi connectivity index (χ1v) is 42.9. The van der Waals surface area contributed by atoms with Gasteiger partial charge in [-0.1, -0.05) is 67.1 Å². The van der Waals surface area contributed by atoms with Gasteiger partial charge in [-0.3, -0.25) is 22.8 Å². The van der Waals surface area contributed by atoms with Crippen LogP contribution in [0.1, 0.15) is 88.4 Å². The Morgan fingerprint density at radius 3 is 1.33 bits per heavy atom. The fraction of sp³-hybridized carbons (Fsp3) is 0.393. The van der Waals surface area contributed by atoms with Crippen molar-refractivity contribution in [2.45, 2.75) is 52.4 Å². The summed E-state index contributed by atoms with van der Waals surface area (Å²) in [5.74, 6) is 3.06. The molecule has 11 aromatic heterocycles. The number of carbonyl (C=O) groups is 3. The number of para-hydroxylation sites is 8. The van der Waals surface area contributed by atoms with Gasteiger partial charge in [0.25, 0.3) is 5.91 Å². The van der Waals surface area contributed by atoms with Gasteiger partial charge in [0.2, 0.25) is 5.28 Å². The summed E-state index contributed by atoms with van der Waals surface area (Å²) in [7, 11) is 12.4. The maximum absolute atomic E-state index is 12.6. The smallest absolute Gasteiger partial charge is 0.342 e. The van der Waals surface area contributed by atoms with E-state index in [0.29, 0.717) is 68.7 Å². The Kier molecular flexibility index (Phi) is 29.7. The third-order valence-corrected chi connectivity index (χ3v) is 22.7. The second-order valence-electron chi connectivity index (χ2n) is 31.0. The minimum atomic E-state index is -0.402. The number of imidazole rings is 4. The molecular formula is C89H106Cl2N28O4. The summed E-state index contributed by atoms with van der Waals surface area (Å²) in [5, 5.41) is 19.1. The van der Waals surface area contributed by atoms with Crippen molar-refractivity contribution in [3.63, 3.8) is 0 Å². The number of H-pyrrole nitrogens is 1. The van der Waals surface area contributed by atoms with Crippen LogP contribution >= 0.6 is 23.2 Å². The van der Waals surface area contributed by atoms with E-state index in [2.05, 4.69) is 143 Å². The molecule has 34 heteroatoms. The minimum Gasteiger partial charge on any atom is -0.462 e. The predicted octanol–water partition coefficient (Wildman–Crippen LogP) is 10.7. The standard InChI is InChI=1S/C22H24N6O2.C21H23N7O.C20H19N7.C9H10N2.2C6H14N2.C5H2Cl2N2O/c1-3-30-22(29)15-13-17-21(28-18-8-5-4-7-16(18)24-20(15)28)25-19(14-23-17)27-10-6-9-26(2)11-12-27;1-22-21(29)14-12-16-20(28-17-7-4-3-6-15(17)24-19(14)28)25-18(13-23-16)27-9-5-8-26(2)10-11-27;1-25-7-4-8-26(10-9-25)18-13-22-16-11-14(12-21)19-23-15-5-2-3-6-17(15)27(19)20(16)24-18;1-2-9-10-7-5-3-4-6-8(7)11-9;2*1-8-5-2-3-7-4-6-8;6-4-3(2-10)1-8-5(7)9-4/h4-5,7-8,13-14H,3,6,9-12H2,1-2H3;3-4,6-7,12-13H,5,8-11H2,1-2H3,(H,22,29);2-3,5-6,11,13H,4,7-10H2,1H3;3-6H,2H2,1H3,(H,10,11);2*7H,2-6H2,1H3;1-2H. The van der Waals surface area contributed by atoms with Crippen LogP contribution in [0.15, 0.2) is 140 Å². The highest BCUT2D eigenvalue weighted by Crippen LogP contribution is 2.31. The Hall–Kier alpha value is -11.9. The summed E-state index contributed by atoms with van der Waals surface area (Å²) in [6, 6.07) is 39.2. The molecule has 1 amide bonds. The number of halogens is 2. The summed E-state index contributed by atoms with van der Waals surface area (Å²) in [5.41, 5.74) is 15.0. The van der Waals surface area contributed by atoms with Gasteiger partial charge in [-0.05, 0) is 198 Å². The number of amides is 1. The van der Waals surface area contributed by atoms with Gasteiger partial charge in [0, 0.05) is 105 Å². The predicted molar refractivity (Wildman–Crippen MR) is 487 cm³/mol. The van der Waals surface area contributed by atoms with Crippen LogP contribution in [0.3, 0.4) is 0 Å². The van der Waals surface area contributed by atoms with Crippen molar-refractivity contribution in [3.05, 3.63) is 179 Å². The lowest BCUT2D eigenvalue weighted by molar-refractivity contribution is 0.0527. The van der Waals surface area contributed by atoms with Gasteiger partial charge in [-0.25, -0.2) is 64.6 Å². The summed E-state index contributed by atoms with van der Waals surface area (Å²) in [6.07, 6.45) is 14.1. The van der Waals surface area contributed by atoms with Crippen LogP contribution in [0.5, 0.6) is 0 Å². The van der Waals surface area contributed by atoms with E-state index < -0.39 is 5.97 Å². The quantitative estimate of drug-likeness (QED) is 0.0475. The number of anilines is 3. The van der Waals surface area contributed by atoms with Gasteiger partial charge in [0.15, 0.2) is 40.2 Å². The molecule has 0 atom stereocenters. The number of benzene rings is 4. The van der Waals surface area contributed by atoms with Crippen molar-refractivity contribution in [1.29, 1.82) is 5.26 Å². The number of fused-ring (bicyclic) bond motifs is 16. The fourth-order valence-corrected chi connectivity index (χ4v) is 15.7. The molecule has 0 aliphatic carbocycles. The molecule has 0 saturated carbocycles. The molecule has 0 bridgehead atoms. The Bertz CT molecular complexity index is 6160. The third kappa shape index (κ3) is 21.2. The van der Waals surface area contributed by atoms with Crippen molar-refractivity contribution in [2.75, 3.05) is 194 Å². The SMILES string of the molecule is CCOC(=O)c1cc2ncc(N3CCCN(C)CC3)nc2n2c1nc1ccccc12.CCc1nc2ccccc2[nH]1.CN1CCCN(c2cnc3cc(C#N)c4nc5ccccc5n4c3n2)CC1.CN1CCCNCC1.CN1CCCNCC1.CNC(=O)c1cc2ncc(N3CCCN(C)CC3)nc2n2c1nc1ccccc12.O=Cc1cnc(Cl)nc1Cl. The Labute approximate surface area is 723 Å². The molecule has 4 N–H and O–H groups in total. The summed E-state index contributed by atoms with van der Waals surface area (Å²) >= 11 is 10.8. The number of aldehydes is 1. The number of carbonyl (C=O) groups excluding carboxylic acids is 3. The van der Waals surface area contributed by atoms with Crippen LogP contribution in [0, 0.1) is 11.3 Å². The number of pyridine rings is 3. The number of hydrogen-bond acceptors (Lipinski definition) is 27. The number of nitriles is 1. The van der Waals surface area contributed by atoms with Crippen molar-refractivity contribution in [3.8, 4) is 6.07 Å². The van der Waals surface area contributed by atoms with Gasteiger partial charge >= 0.3 is 5.97 Å². The average Bonchev–Trinajstić information content (AvgIpc) is 1.62. The normalized spacial score (nSPS) is 16.1. The fourth-order valence-electron chi connectivity index (χ4n) is 15.4. The number of aromatic amines is 1. The lowest BCUT2D eigenvalue weighted by Gasteiger charge is -2.21. The second kappa shape index (κ2) is 41.8. The van der Waals surface area contributed by atoms with E-state index in [1.165, 1.54) is 58.3 Å². The van der Waals surface area contributed by atoms with E-state index in [0.717, 1.165) is 196 Å². The highest BCUT2D eigenvalue weighted by atomic mass is 35.5. The van der Waals surface area contributed by atoms with Crippen LogP contribution in [-0.2, 0) is 11.2 Å². The molecule has 5 aliphatic rings. The molecule has 640 valence electrons.